The van der Waals surface area contributed by atoms with Gasteiger partial charge in [0.05, 0.1) is 0 Å². The normalized spacial score (nSPS) is 16.3. The SMILES string of the molecule is C#Cc1cccc(-c2csc(CN3CCN(C)CC3)c2)c1Cc1ccc2c(c1C)C=CC2. The van der Waals surface area contributed by atoms with Crippen LogP contribution in [0.15, 0.2) is 47.9 Å². The van der Waals surface area contributed by atoms with E-state index in [9.17, 15) is 0 Å². The van der Waals surface area contributed by atoms with Crippen molar-refractivity contribution in [1.29, 1.82) is 0 Å². The minimum absolute atomic E-state index is 0.867. The number of allylic oxidation sites excluding steroid dienone is 1. The molecule has 1 aliphatic carbocycles. The van der Waals surface area contributed by atoms with Crippen LogP contribution in [0.1, 0.15) is 38.3 Å². The summed E-state index contributed by atoms with van der Waals surface area (Å²) in [6.45, 7) is 7.89. The van der Waals surface area contributed by atoms with Gasteiger partial charge in [-0.1, -0.05) is 42.3 Å². The zero-order chi connectivity index (χ0) is 22.1. The third kappa shape index (κ3) is 4.19. The quantitative estimate of drug-likeness (QED) is 0.478. The predicted molar refractivity (Wildman–Crippen MR) is 137 cm³/mol. The van der Waals surface area contributed by atoms with E-state index in [1.807, 2.05) is 11.3 Å². The lowest BCUT2D eigenvalue weighted by Crippen LogP contribution is -2.43. The summed E-state index contributed by atoms with van der Waals surface area (Å²) in [5.41, 5.74) is 10.4. The van der Waals surface area contributed by atoms with Crippen LogP contribution in [-0.4, -0.2) is 43.0 Å². The highest BCUT2D eigenvalue weighted by Gasteiger charge is 2.18. The lowest BCUT2D eigenvalue weighted by Gasteiger charge is -2.31. The van der Waals surface area contributed by atoms with Gasteiger partial charge in [-0.05, 0) is 83.3 Å². The molecule has 0 unspecified atom stereocenters. The Bertz CT molecular complexity index is 1200. The second kappa shape index (κ2) is 9.08. The van der Waals surface area contributed by atoms with Gasteiger partial charge in [-0.15, -0.1) is 17.8 Å². The van der Waals surface area contributed by atoms with Crippen molar-refractivity contribution in [2.75, 3.05) is 33.2 Å². The lowest BCUT2D eigenvalue weighted by molar-refractivity contribution is 0.149. The summed E-state index contributed by atoms with van der Waals surface area (Å²) in [6.07, 6.45) is 12.4. The fraction of sp³-hybridized carbons (Fsp3) is 0.310. The monoisotopic (exact) mass is 438 g/mol. The lowest BCUT2D eigenvalue weighted by atomic mass is 9.89. The fourth-order valence-corrected chi connectivity index (χ4v) is 5.87. The van der Waals surface area contributed by atoms with Crippen LogP contribution in [0.3, 0.4) is 0 Å². The number of rotatable bonds is 5. The zero-order valence-electron chi connectivity index (χ0n) is 19.0. The van der Waals surface area contributed by atoms with Crippen molar-refractivity contribution >= 4 is 17.4 Å². The van der Waals surface area contributed by atoms with E-state index in [1.165, 1.54) is 43.8 Å². The molecule has 0 N–H and O–H groups in total. The van der Waals surface area contributed by atoms with Gasteiger partial charge >= 0.3 is 0 Å². The molecule has 2 aliphatic rings. The Morgan fingerprint density at radius 2 is 1.94 bits per heavy atom. The molecule has 3 heteroatoms. The Hall–Kier alpha value is -2.64. The second-order valence-electron chi connectivity index (χ2n) is 9.06. The molecule has 0 bridgehead atoms. The highest BCUT2D eigenvalue weighted by molar-refractivity contribution is 7.10. The van der Waals surface area contributed by atoms with Crippen molar-refractivity contribution in [3.05, 3.63) is 86.1 Å². The van der Waals surface area contributed by atoms with Crippen LogP contribution in [0.25, 0.3) is 17.2 Å². The molecular weight excluding hydrogens is 408 g/mol. The maximum absolute atomic E-state index is 5.95. The number of benzene rings is 2. The Kier molecular flexibility index (Phi) is 6.02. The summed E-state index contributed by atoms with van der Waals surface area (Å²) in [6, 6.07) is 13.4. The molecule has 162 valence electrons. The average molecular weight is 439 g/mol. The van der Waals surface area contributed by atoms with Gasteiger partial charge in [0.15, 0.2) is 0 Å². The number of hydrogen-bond donors (Lipinski definition) is 0. The minimum Gasteiger partial charge on any atom is -0.304 e. The van der Waals surface area contributed by atoms with E-state index in [-0.39, 0.29) is 0 Å². The Morgan fingerprint density at radius 3 is 2.75 bits per heavy atom. The summed E-state index contributed by atoms with van der Waals surface area (Å²) in [7, 11) is 2.21. The first-order valence-corrected chi connectivity index (χ1v) is 12.4. The number of hydrogen-bond acceptors (Lipinski definition) is 3. The molecular formula is C29H30N2S. The van der Waals surface area contributed by atoms with Crippen LogP contribution in [0.5, 0.6) is 0 Å². The Balaban J connectivity index is 1.44. The molecule has 2 nitrogen and oxygen atoms in total. The maximum atomic E-state index is 5.95. The molecule has 0 atom stereocenters. The highest BCUT2D eigenvalue weighted by atomic mass is 32.1. The molecule has 2 aromatic carbocycles. The molecule has 1 fully saturated rings. The van der Waals surface area contributed by atoms with Crippen molar-refractivity contribution in [1.82, 2.24) is 9.80 Å². The van der Waals surface area contributed by atoms with Crippen molar-refractivity contribution < 1.29 is 0 Å². The number of nitrogens with zero attached hydrogens (tertiary/aromatic N) is 2. The van der Waals surface area contributed by atoms with Crippen molar-refractivity contribution in [3.63, 3.8) is 0 Å². The van der Waals surface area contributed by atoms with E-state index in [4.69, 9.17) is 6.42 Å². The number of likely N-dealkylation sites (N-methyl/N-ethyl adjacent to an activating group) is 1. The summed E-state index contributed by atoms with van der Waals surface area (Å²) in [4.78, 5) is 6.40. The van der Waals surface area contributed by atoms with Crippen LogP contribution >= 0.6 is 11.3 Å². The van der Waals surface area contributed by atoms with Gasteiger partial charge in [0.25, 0.3) is 0 Å². The van der Waals surface area contributed by atoms with Crippen molar-refractivity contribution in [3.8, 4) is 23.5 Å². The Morgan fingerprint density at radius 1 is 1.09 bits per heavy atom. The van der Waals surface area contributed by atoms with Gasteiger partial charge in [-0.2, -0.15) is 0 Å². The molecule has 3 aromatic rings. The third-order valence-corrected chi connectivity index (χ3v) is 7.90. The molecule has 5 rings (SSSR count). The van der Waals surface area contributed by atoms with E-state index in [1.54, 1.807) is 0 Å². The molecule has 32 heavy (non-hydrogen) atoms. The molecule has 0 radical (unpaired) electrons. The summed E-state index contributed by atoms with van der Waals surface area (Å²) in [5.74, 6) is 2.95. The number of thiophene rings is 1. The molecule has 1 aromatic heterocycles. The highest BCUT2D eigenvalue weighted by Crippen LogP contribution is 2.34. The van der Waals surface area contributed by atoms with Gasteiger partial charge in [0.1, 0.15) is 0 Å². The van der Waals surface area contributed by atoms with Crippen LogP contribution in [0.4, 0.5) is 0 Å². The largest absolute Gasteiger partial charge is 0.304 e. The smallest absolute Gasteiger partial charge is 0.0329 e. The Labute approximate surface area is 196 Å². The molecule has 0 spiro atoms. The van der Waals surface area contributed by atoms with Gasteiger partial charge in [0.2, 0.25) is 0 Å². The predicted octanol–water partition coefficient (Wildman–Crippen LogP) is 5.61. The average Bonchev–Trinajstić information content (AvgIpc) is 3.47. The topological polar surface area (TPSA) is 6.48 Å². The van der Waals surface area contributed by atoms with Gasteiger partial charge < -0.3 is 4.90 Å². The maximum Gasteiger partial charge on any atom is 0.0329 e. The van der Waals surface area contributed by atoms with Crippen LogP contribution < -0.4 is 0 Å². The molecule has 0 saturated carbocycles. The van der Waals surface area contributed by atoms with E-state index in [2.05, 4.69) is 83.6 Å². The minimum atomic E-state index is 0.867. The first-order valence-electron chi connectivity index (χ1n) is 11.5. The van der Waals surface area contributed by atoms with E-state index < -0.39 is 0 Å². The van der Waals surface area contributed by atoms with Gasteiger partial charge in [0, 0.05) is 43.2 Å². The standard InChI is InChI=1S/C29H30N2S/c1-4-22-7-5-10-28(25-17-26(32-20-25)19-31-15-13-30(3)14-16-31)29(22)18-24-12-11-23-8-6-9-27(23)21(24)2/h1,5-7,9-12,17,20H,8,13-16,18-19H2,2-3H3. The molecule has 0 amide bonds. The van der Waals surface area contributed by atoms with Crippen LogP contribution in [0, 0.1) is 19.3 Å². The fourth-order valence-electron chi connectivity index (χ4n) is 4.94. The third-order valence-electron chi connectivity index (χ3n) is 6.98. The van der Waals surface area contributed by atoms with Gasteiger partial charge in [-0.25, -0.2) is 0 Å². The first-order chi connectivity index (χ1) is 15.6. The van der Waals surface area contributed by atoms with Crippen molar-refractivity contribution in [2.24, 2.45) is 0 Å². The van der Waals surface area contributed by atoms with Gasteiger partial charge in [-0.3, -0.25) is 4.90 Å². The second-order valence-corrected chi connectivity index (χ2v) is 10.1. The zero-order valence-corrected chi connectivity index (χ0v) is 19.8. The summed E-state index contributed by atoms with van der Waals surface area (Å²) >= 11 is 1.87. The van der Waals surface area contributed by atoms with E-state index >= 15 is 0 Å². The van der Waals surface area contributed by atoms with E-state index in [0.29, 0.717) is 0 Å². The number of fused-ring (bicyclic) bond motifs is 1. The van der Waals surface area contributed by atoms with Crippen LogP contribution in [-0.2, 0) is 19.4 Å². The van der Waals surface area contributed by atoms with E-state index in [0.717, 1.165) is 51.1 Å². The summed E-state index contributed by atoms with van der Waals surface area (Å²) in [5, 5.41) is 2.31. The first kappa shape index (κ1) is 21.2. The molecule has 2 heterocycles. The molecule has 1 saturated heterocycles. The number of piperazine rings is 1. The van der Waals surface area contributed by atoms with Crippen molar-refractivity contribution in [2.45, 2.75) is 26.3 Å². The number of terminal acetylenes is 1. The molecule has 1 aliphatic heterocycles. The summed E-state index contributed by atoms with van der Waals surface area (Å²) < 4.78 is 0. The van der Waals surface area contributed by atoms with Crippen LogP contribution in [0.2, 0.25) is 0 Å².